The Morgan fingerprint density at radius 3 is 2.60 bits per heavy atom. The Hall–Kier alpha value is -3.44. The molecule has 3 fully saturated rings. The van der Waals surface area contributed by atoms with Crippen molar-refractivity contribution in [2.24, 2.45) is 13.0 Å². The van der Waals surface area contributed by atoms with Gasteiger partial charge in [0, 0.05) is 48.9 Å². The average Bonchev–Trinajstić information content (AvgIpc) is 3.29. The highest BCUT2D eigenvalue weighted by Crippen LogP contribution is 2.42. The maximum atomic E-state index is 12.6. The first-order valence-electron chi connectivity index (χ1n) is 12.7. The number of nitrogens with zero attached hydrogens (tertiary/aromatic N) is 3. The fourth-order valence-electron chi connectivity index (χ4n) is 6.02. The predicted octanol–water partition coefficient (Wildman–Crippen LogP) is 5.16. The number of carbonyl (C=O) groups excluding carboxylic acids is 1. The van der Waals surface area contributed by atoms with Gasteiger partial charge in [-0.1, -0.05) is 54.1 Å². The van der Waals surface area contributed by atoms with E-state index in [0.717, 1.165) is 30.8 Å². The summed E-state index contributed by atoms with van der Waals surface area (Å²) in [5.41, 5.74) is 5.45. The van der Waals surface area contributed by atoms with Crippen molar-refractivity contribution >= 4 is 16.7 Å². The number of aryl methyl sites for hydroxylation is 2. The molecule has 1 amide bonds. The molecule has 178 valence electrons. The molecule has 5 heteroatoms. The van der Waals surface area contributed by atoms with Gasteiger partial charge in [0.15, 0.2) is 0 Å². The van der Waals surface area contributed by atoms with Crippen LogP contribution in [0, 0.1) is 12.8 Å². The average molecular weight is 465 g/mol. The third-order valence-corrected chi connectivity index (χ3v) is 8.03. The van der Waals surface area contributed by atoms with Gasteiger partial charge >= 0.3 is 0 Å². The number of hydrogen-bond donors (Lipinski definition) is 1. The number of nitrogens with one attached hydrogen (secondary N) is 1. The zero-order valence-electron chi connectivity index (χ0n) is 20.4. The Morgan fingerprint density at radius 1 is 1.03 bits per heavy atom. The van der Waals surface area contributed by atoms with E-state index in [1.165, 1.54) is 34.0 Å². The van der Waals surface area contributed by atoms with E-state index in [9.17, 15) is 4.79 Å². The van der Waals surface area contributed by atoms with Crippen LogP contribution >= 0.6 is 0 Å². The van der Waals surface area contributed by atoms with Crippen LogP contribution in [0.15, 0.2) is 72.8 Å². The lowest BCUT2D eigenvalue weighted by Crippen LogP contribution is -2.56. The van der Waals surface area contributed by atoms with Crippen LogP contribution in [0.1, 0.15) is 40.4 Å². The maximum absolute atomic E-state index is 12.6. The van der Waals surface area contributed by atoms with Crippen molar-refractivity contribution in [3.8, 4) is 11.3 Å². The number of fused-ring (bicyclic) bond motifs is 4. The van der Waals surface area contributed by atoms with Crippen LogP contribution in [0.2, 0.25) is 0 Å². The molecule has 7 rings (SSSR count). The van der Waals surface area contributed by atoms with Gasteiger partial charge in [-0.25, -0.2) is 0 Å². The minimum absolute atomic E-state index is 0.0239. The topological polar surface area (TPSA) is 50.2 Å². The second kappa shape index (κ2) is 8.97. The molecule has 3 aromatic carbocycles. The normalized spacial score (nSPS) is 23.5. The van der Waals surface area contributed by atoms with E-state index in [4.69, 9.17) is 5.10 Å². The smallest absolute Gasteiger partial charge is 0.251 e. The lowest BCUT2D eigenvalue weighted by Gasteiger charge is -2.50. The zero-order valence-corrected chi connectivity index (χ0v) is 20.4. The highest BCUT2D eigenvalue weighted by Gasteiger charge is 2.41. The predicted molar refractivity (Wildman–Crippen MR) is 140 cm³/mol. The molecule has 4 aromatic rings. The van der Waals surface area contributed by atoms with Crippen molar-refractivity contribution in [3.05, 3.63) is 89.6 Å². The molecule has 0 radical (unpaired) electrons. The first-order valence-corrected chi connectivity index (χ1v) is 12.7. The fraction of sp³-hybridized carbons (Fsp3) is 0.333. The summed E-state index contributed by atoms with van der Waals surface area (Å²) >= 11 is 0. The minimum Gasteiger partial charge on any atom is -0.350 e. The number of carbonyl (C=O) groups is 1. The summed E-state index contributed by atoms with van der Waals surface area (Å²) in [6.07, 6.45) is 2.33. The van der Waals surface area contributed by atoms with Gasteiger partial charge < -0.3 is 5.32 Å². The van der Waals surface area contributed by atoms with Gasteiger partial charge in [0.05, 0.1) is 5.69 Å². The largest absolute Gasteiger partial charge is 0.350 e. The molecule has 4 heterocycles. The van der Waals surface area contributed by atoms with Crippen LogP contribution in [0.4, 0.5) is 0 Å². The number of hydrogen-bond acceptors (Lipinski definition) is 3. The molecular formula is C30H32N4O. The molecule has 1 N–H and O–H groups in total. The van der Waals surface area contributed by atoms with E-state index in [0.29, 0.717) is 24.4 Å². The van der Waals surface area contributed by atoms with Crippen LogP contribution < -0.4 is 5.32 Å². The van der Waals surface area contributed by atoms with Crippen LogP contribution in [-0.4, -0.2) is 46.3 Å². The summed E-state index contributed by atoms with van der Waals surface area (Å²) in [7, 11) is 2.08. The van der Waals surface area contributed by atoms with E-state index in [1.54, 1.807) is 0 Å². The molecule has 3 aliphatic heterocycles. The van der Waals surface area contributed by atoms with Crippen molar-refractivity contribution in [1.29, 1.82) is 0 Å². The van der Waals surface area contributed by atoms with Crippen molar-refractivity contribution in [1.82, 2.24) is 20.0 Å². The van der Waals surface area contributed by atoms with Crippen LogP contribution in [0.25, 0.3) is 22.0 Å². The summed E-state index contributed by atoms with van der Waals surface area (Å²) in [6.45, 7) is 4.90. The molecular weight excluding hydrogens is 432 g/mol. The number of rotatable bonds is 5. The Labute approximate surface area is 206 Å². The molecule has 3 saturated heterocycles. The number of amides is 1. The fourth-order valence-corrected chi connectivity index (χ4v) is 6.02. The second-order valence-corrected chi connectivity index (χ2v) is 10.3. The number of piperidine rings is 3. The summed E-state index contributed by atoms with van der Waals surface area (Å²) in [6, 6.07) is 25.6. The quantitative estimate of drug-likeness (QED) is 0.444. The first-order chi connectivity index (χ1) is 17.0. The van der Waals surface area contributed by atoms with Gasteiger partial charge in [0.2, 0.25) is 0 Å². The lowest BCUT2D eigenvalue weighted by molar-refractivity contribution is 0.0280. The molecule has 1 unspecified atom stereocenters. The highest BCUT2D eigenvalue weighted by molar-refractivity contribution is 5.94. The molecule has 0 aliphatic carbocycles. The molecule has 35 heavy (non-hydrogen) atoms. The Balaban J connectivity index is 1.15. The third kappa shape index (κ3) is 4.25. The summed E-state index contributed by atoms with van der Waals surface area (Å²) < 4.78 is 2.09. The van der Waals surface area contributed by atoms with Crippen molar-refractivity contribution in [2.45, 2.75) is 31.7 Å². The molecule has 4 atom stereocenters. The van der Waals surface area contributed by atoms with Gasteiger partial charge in [0.25, 0.3) is 5.91 Å². The minimum atomic E-state index is 0.0239. The van der Waals surface area contributed by atoms with E-state index in [1.807, 2.05) is 31.2 Å². The molecule has 3 aliphatic rings. The summed E-state index contributed by atoms with van der Waals surface area (Å²) in [5, 5.41) is 10.6. The lowest BCUT2D eigenvalue weighted by atomic mass is 9.74. The van der Waals surface area contributed by atoms with Gasteiger partial charge in [-0.15, -0.1) is 0 Å². The van der Waals surface area contributed by atoms with Crippen LogP contribution in [0.5, 0.6) is 0 Å². The van der Waals surface area contributed by atoms with Crippen molar-refractivity contribution in [2.75, 3.05) is 19.6 Å². The third-order valence-electron chi connectivity index (χ3n) is 8.03. The van der Waals surface area contributed by atoms with Gasteiger partial charge in [-0.05, 0) is 67.3 Å². The van der Waals surface area contributed by atoms with Gasteiger partial charge in [-0.3, -0.25) is 14.4 Å². The SMILES string of the molecule is Cc1ccc(C(=O)NC[C@H]2C[C@@H]3CCN2C[C@@H]3c2cc(-c3ccc4ccccc4c3)nn2C)cc1. The van der Waals surface area contributed by atoms with E-state index in [2.05, 4.69) is 70.5 Å². The van der Waals surface area contributed by atoms with Crippen molar-refractivity contribution in [3.63, 3.8) is 0 Å². The Bertz CT molecular complexity index is 1370. The Kier molecular flexibility index (Phi) is 5.65. The van der Waals surface area contributed by atoms with E-state index in [-0.39, 0.29) is 5.91 Å². The van der Waals surface area contributed by atoms with Crippen molar-refractivity contribution < 1.29 is 4.79 Å². The molecule has 0 saturated carbocycles. The maximum Gasteiger partial charge on any atom is 0.251 e. The van der Waals surface area contributed by atoms with E-state index < -0.39 is 0 Å². The highest BCUT2D eigenvalue weighted by atomic mass is 16.1. The molecule has 2 bridgehead atoms. The number of aromatic nitrogens is 2. The Morgan fingerprint density at radius 2 is 1.83 bits per heavy atom. The zero-order chi connectivity index (χ0) is 23.9. The monoisotopic (exact) mass is 464 g/mol. The van der Waals surface area contributed by atoms with Crippen LogP contribution in [0.3, 0.4) is 0 Å². The van der Waals surface area contributed by atoms with Crippen LogP contribution in [-0.2, 0) is 7.05 Å². The molecule has 1 aromatic heterocycles. The molecule has 5 nitrogen and oxygen atoms in total. The van der Waals surface area contributed by atoms with Gasteiger partial charge in [0.1, 0.15) is 0 Å². The standard InChI is InChI=1S/C30H32N4O/c1-20-7-9-22(10-8-20)30(35)31-18-26-16-24-13-14-34(26)19-27(24)29-17-28(32-33(29)2)25-12-11-21-5-3-4-6-23(21)15-25/h3-12,15,17,24,26-27H,13-14,16,18-19H2,1-2H3,(H,31,35)/t24-,26+,27-/m0/s1. The first kappa shape index (κ1) is 22.1. The molecule has 0 spiro atoms. The van der Waals surface area contributed by atoms with E-state index >= 15 is 0 Å². The van der Waals surface area contributed by atoms with Gasteiger partial charge in [-0.2, -0.15) is 5.10 Å². The number of benzene rings is 3. The summed E-state index contributed by atoms with van der Waals surface area (Å²) in [4.78, 5) is 15.2. The summed E-state index contributed by atoms with van der Waals surface area (Å²) in [5.74, 6) is 1.14. The second-order valence-electron chi connectivity index (χ2n) is 10.3.